The number of fused-ring (bicyclic) bond motifs is 2. The fourth-order valence-corrected chi connectivity index (χ4v) is 2.77. The lowest BCUT2D eigenvalue weighted by molar-refractivity contribution is 0.282. The van der Waals surface area contributed by atoms with Gasteiger partial charge in [-0.25, -0.2) is 14.4 Å². The first-order valence-corrected chi connectivity index (χ1v) is 7.33. The molecule has 0 saturated carbocycles. The van der Waals surface area contributed by atoms with Crippen molar-refractivity contribution in [2.75, 3.05) is 0 Å². The number of aliphatic hydroxyl groups excluding tert-OH is 1. The molecule has 0 radical (unpaired) electrons. The number of rotatable bonds is 2. The molecular weight excluding hydrogens is 311 g/mol. The highest BCUT2D eigenvalue weighted by Crippen LogP contribution is 2.22. The molecule has 0 spiro atoms. The van der Waals surface area contributed by atoms with Gasteiger partial charge in [-0.3, -0.25) is 9.20 Å². The standard InChI is InChI=1S/C17H13FN4O2/c1-10-6-21-7-11(4-12(9-23)17(21)19-10)14-5-16(24)22-8-13(18)2-3-15(22)20-14/h2-8,23H,9H2,1H3. The van der Waals surface area contributed by atoms with Crippen molar-refractivity contribution in [1.29, 1.82) is 0 Å². The molecule has 0 amide bonds. The molecule has 0 aliphatic rings. The number of imidazole rings is 1. The van der Waals surface area contributed by atoms with Crippen LogP contribution >= 0.6 is 0 Å². The molecule has 4 aromatic heterocycles. The number of halogens is 1. The van der Waals surface area contributed by atoms with Crippen LogP contribution in [-0.2, 0) is 6.61 Å². The van der Waals surface area contributed by atoms with Crippen LogP contribution in [0.1, 0.15) is 11.3 Å². The first-order valence-electron chi connectivity index (χ1n) is 7.33. The predicted molar refractivity (Wildman–Crippen MR) is 86.3 cm³/mol. The van der Waals surface area contributed by atoms with Crippen molar-refractivity contribution in [2.24, 2.45) is 0 Å². The normalized spacial score (nSPS) is 11.5. The minimum Gasteiger partial charge on any atom is -0.392 e. The van der Waals surface area contributed by atoms with Crippen LogP contribution in [0.4, 0.5) is 4.39 Å². The van der Waals surface area contributed by atoms with E-state index in [0.717, 1.165) is 16.3 Å². The summed E-state index contributed by atoms with van der Waals surface area (Å²) >= 11 is 0. The van der Waals surface area contributed by atoms with Crippen molar-refractivity contribution in [3.05, 3.63) is 70.3 Å². The van der Waals surface area contributed by atoms with E-state index >= 15 is 0 Å². The average Bonchev–Trinajstić information content (AvgIpc) is 2.94. The van der Waals surface area contributed by atoms with E-state index in [1.54, 1.807) is 16.7 Å². The number of pyridine rings is 2. The lowest BCUT2D eigenvalue weighted by Crippen LogP contribution is -2.14. The highest BCUT2D eigenvalue weighted by molar-refractivity contribution is 5.65. The van der Waals surface area contributed by atoms with Gasteiger partial charge in [0.15, 0.2) is 0 Å². The molecule has 1 N–H and O–H groups in total. The topological polar surface area (TPSA) is 71.9 Å². The van der Waals surface area contributed by atoms with Crippen LogP contribution in [0.2, 0.25) is 0 Å². The molecule has 0 saturated heterocycles. The maximum Gasteiger partial charge on any atom is 0.258 e. The molecular formula is C17H13FN4O2. The zero-order chi connectivity index (χ0) is 16.8. The molecule has 7 heteroatoms. The summed E-state index contributed by atoms with van der Waals surface area (Å²) < 4.78 is 16.2. The Kier molecular flexibility index (Phi) is 3.17. The minimum absolute atomic E-state index is 0.175. The van der Waals surface area contributed by atoms with Crippen LogP contribution in [0.3, 0.4) is 0 Å². The van der Waals surface area contributed by atoms with E-state index in [-0.39, 0.29) is 12.2 Å². The molecule has 0 fully saturated rings. The monoisotopic (exact) mass is 324 g/mol. The molecule has 0 aromatic carbocycles. The highest BCUT2D eigenvalue weighted by Gasteiger charge is 2.11. The Labute approximate surface area is 135 Å². The maximum atomic E-state index is 13.3. The SMILES string of the molecule is Cc1cn2cc(-c3cc(=O)n4cc(F)ccc4n3)cc(CO)c2n1. The van der Waals surface area contributed by atoms with Crippen molar-refractivity contribution >= 4 is 11.3 Å². The van der Waals surface area contributed by atoms with Gasteiger partial charge in [-0.15, -0.1) is 0 Å². The Balaban J connectivity index is 1.98. The summed E-state index contributed by atoms with van der Waals surface area (Å²) in [5.74, 6) is -0.503. The van der Waals surface area contributed by atoms with Gasteiger partial charge in [0.1, 0.15) is 17.1 Å². The Morgan fingerprint density at radius 2 is 2.00 bits per heavy atom. The Hall–Kier alpha value is -3.06. The van der Waals surface area contributed by atoms with Crippen LogP contribution in [0, 0.1) is 12.7 Å². The fraction of sp³-hybridized carbons (Fsp3) is 0.118. The van der Waals surface area contributed by atoms with Crippen LogP contribution in [0.5, 0.6) is 0 Å². The number of aliphatic hydroxyl groups is 1. The van der Waals surface area contributed by atoms with Gasteiger partial charge in [0.25, 0.3) is 5.56 Å². The summed E-state index contributed by atoms with van der Waals surface area (Å²) in [6.45, 7) is 1.69. The maximum absolute atomic E-state index is 13.3. The highest BCUT2D eigenvalue weighted by atomic mass is 19.1. The van der Waals surface area contributed by atoms with Gasteiger partial charge in [0, 0.05) is 35.8 Å². The smallest absolute Gasteiger partial charge is 0.258 e. The Bertz CT molecular complexity index is 1150. The van der Waals surface area contributed by atoms with Crippen LogP contribution in [0.15, 0.2) is 47.7 Å². The molecule has 0 aliphatic heterocycles. The lowest BCUT2D eigenvalue weighted by atomic mass is 10.1. The van der Waals surface area contributed by atoms with Crippen molar-refractivity contribution in [2.45, 2.75) is 13.5 Å². The summed E-state index contributed by atoms with van der Waals surface area (Å²) in [7, 11) is 0. The van der Waals surface area contributed by atoms with E-state index in [1.807, 2.05) is 13.1 Å². The van der Waals surface area contributed by atoms with Crippen molar-refractivity contribution in [1.82, 2.24) is 18.8 Å². The number of aryl methyl sites for hydroxylation is 1. The molecule has 0 atom stereocenters. The third-order valence-electron chi connectivity index (χ3n) is 3.84. The van der Waals surface area contributed by atoms with Crippen molar-refractivity contribution in [3.8, 4) is 11.3 Å². The summed E-state index contributed by atoms with van der Waals surface area (Å²) in [6.07, 6.45) is 4.74. The first-order chi connectivity index (χ1) is 11.5. The summed E-state index contributed by atoms with van der Waals surface area (Å²) in [5, 5.41) is 9.59. The van der Waals surface area contributed by atoms with E-state index in [4.69, 9.17) is 0 Å². The molecule has 0 bridgehead atoms. The summed E-state index contributed by atoms with van der Waals surface area (Å²) in [6, 6.07) is 5.81. The van der Waals surface area contributed by atoms with E-state index in [1.165, 1.54) is 18.2 Å². The van der Waals surface area contributed by atoms with Gasteiger partial charge >= 0.3 is 0 Å². The van der Waals surface area contributed by atoms with Gasteiger partial charge in [0.2, 0.25) is 0 Å². The average molecular weight is 324 g/mol. The molecule has 24 heavy (non-hydrogen) atoms. The van der Waals surface area contributed by atoms with Crippen LogP contribution in [0.25, 0.3) is 22.6 Å². The molecule has 120 valence electrons. The molecule has 0 aliphatic carbocycles. The second-order valence-corrected chi connectivity index (χ2v) is 5.58. The van der Waals surface area contributed by atoms with E-state index in [9.17, 15) is 14.3 Å². The Morgan fingerprint density at radius 3 is 2.79 bits per heavy atom. The quantitative estimate of drug-likeness (QED) is 0.612. The van der Waals surface area contributed by atoms with E-state index in [0.29, 0.717) is 28.1 Å². The van der Waals surface area contributed by atoms with Gasteiger partial charge in [-0.2, -0.15) is 0 Å². The molecule has 4 aromatic rings. The number of hydrogen-bond donors (Lipinski definition) is 1. The van der Waals surface area contributed by atoms with Crippen molar-refractivity contribution < 1.29 is 9.50 Å². The predicted octanol–water partition coefficient (Wildman–Crippen LogP) is 1.95. The largest absolute Gasteiger partial charge is 0.392 e. The minimum atomic E-state index is -0.503. The Morgan fingerprint density at radius 1 is 1.17 bits per heavy atom. The summed E-state index contributed by atoms with van der Waals surface area (Å²) in [4.78, 5) is 21.0. The van der Waals surface area contributed by atoms with E-state index < -0.39 is 5.82 Å². The first kappa shape index (κ1) is 14.5. The van der Waals surface area contributed by atoms with E-state index in [2.05, 4.69) is 9.97 Å². The third kappa shape index (κ3) is 2.26. The molecule has 0 unspecified atom stereocenters. The zero-order valence-corrected chi connectivity index (χ0v) is 12.8. The molecule has 6 nitrogen and oxygen atoms in total. The lowest BCUT2D eigenvalue weighted by Gasteiger charge is -2.07. The molecule has 4 heterocycles. The number of nitrogens with zero attached hydrogens (tertiary/aromatic N) is 4. The zero-order valence-electron chi connectivity index (χ0n) is 12.8. The number of aromatic nitrogens is 4. The van der Waals surface area contributed by atoms with Gasteiger partial charge in [0.05, 0.1) is 18.0 Å². The van der Waals surface area contributed by atoms with Crippen molar-refractivity contribution in [3.63, 3.8) is 0 Å². The third-order valence-corrected chi connectivity index (χ3v) is 3.84. The summed E-state index contributed by atoms with van der Waals surface area (Å²) in [5.41, 5.74) is 3.24. The van der Waals surface area contributed by atoms with Gasteiger partial charge in [-0.1, -0.05) is 0 Å². The van der Waals surface area contributed by atoms with Gasteiger partial charge in [-0.05, 0) is 25.1 Å². The second kappa shape index (κ2) is 5.24. The second-order valence-electron chi connectivity index (χ2n) is 5.58. The molecule has 4 rings (SSSR count). The van der Waals surface area contributed by atoms with Crippen LogP contribution < -0.4 is 5.56 Å². The number of hydrogen-bond acceptors (Lipinski definition) is 4. The fourth-order valence-electron chi connectivity index (χ4n) is 2.77. The van der Waals surface area contributed by atoms with Gasteiger partial charge < -0.3 is 9.51 Å². The van der Waals surface area contributed by atoms with Crippen LogP contribution in [-0.4, -0.2) is 23.9 Å².